The summed E-state index contributed by atoms with van der Waals surface area (Å²) in [4.78, 5) is 24.8. The quantitative estimate of drug-likeness (QED) is 0.758. The molecule has 1 aliphatic rings. The van der Waals surface area contributed by atoms with Crippen LogP contribution in [0.2, 0.25) is 0 Å². The van der Waals surface area contributed by atoms with E-state index in [1.807, 2.05) is 0 Å². The molecular weight excluding hydrogens is 220 g/mol. The molecule has 2 aromatic heterocycles. The molecule has 0 aromatic carbocycles. The number of ether oxygens (including phenoxy) is 1. The van der Waals surface area contributed by atoms with E-state index in [-0.39, 0.29) is 5.56 Å². The van der Waals surface area contributed by atoms with Gasteiger partial charge in [0.1, 0.15) is 0 Å². The maximum Gasteiger partial charge on any atom is 0.258 e. The number of fused-ring (bicyclic) bond motifs is 1. The Bertz CT molecular complexity index is 589. The predicted molar refractivity (Wildman–Crippen MR) is 63.2 cm³/mol. The molecule has 0 aliphatic carbocycles. The lowest BCUT2D eigenvalue weighted by molar-refractivity contribution is 0.122. The van der Waals surface area contributed by atoms with E-state index in [1.54, 1.807) is 18.5 Å². The molecule has 1 aliphatic heterocycles. The molecule has 17 heavy (non-hydrogen) atoms. The number of aromatic nitrogens is 3. The van der Waals surface area contributed by atoms with Gasteiger partial charge in [-0.1, -0.05) is 0 Å². The minimum atomic E-state index is -0.156. The maximum atomic E-state index is 11.5. The first-order chi connectivity index (χ1) is 8.34. The van der Waals surface area contributed by atoms with Crippen LogP contribution in [0.3, 0.4) is 0 Å². The standard InChI is InChI=1S/C11H12N4O2/c16-10-8-7-13-11(14-9(8)1-2-12-10)15-3-5-17-6-4-15/h1-2,7H,3-6H2,(H,12,16). The SMILES string of the molecule is O=c1[nH]ccc2nc(N3CCOCC3)ncc12. The number of nitrogens with zero attached hydrogens (tertiary/aromatic N) is 3. The number of aromatic amines is 1. The van der Waals surface area contributed by atoms with E-state index >= 15 is 0 Å². The highest BCUT2D eigenvalue weighted by atomic mass is 16.5. The topological polar surface area (TPSA) is 71.1 Å². The van der Waals surface area contributed by atoms with Gasteiger partial charge in [0.05, 0.1) is 24.1 Å². The van der Waals surface area contributed by atoms with E-state index in [1.165, 1.54) is 0 Å². The Hall–Kier alpha value is -1.95. The summed E-state index contributed by atoms with van der Waals surface area (Å²) < 4.78 is 5.28. The maximum absolute atomic E-state index is 11.5. The van der Waals surface area contributed by atoms with Gasteiger partial charge in [0.25, 0.3) is 5.56 Å². The minimum Gasteiger partial charge on any atom is -0.378 e. The van der Waals surface area contributed by atoms with Crippen LogP contribution in [0.25, 0.3) is 10.9 Å². The van der Waals surface area contributed by atoms with Crippen LogP contribution in [-0.4, -0.2) is 41.3 Å². The van der Waals surface area contributed by atoms with E-state index in [2.05, 4.69) is 19.9 Å². The number of morpholine rings is 1. The van der Waals surface area contributed by atoms with Crippen molar-refractivity contribution in [3.8, 4) is 0 Å². The molecule has 0 saturated carbocycles. The molecule has 1 N–H and O–H groups in total. The lowest BCUT2D eigenvalue weighted by atomic mass is 10.3. The van der Waals surface area contributed by atoms with Crippen molar-refractivity contribution < 1.29 is 4.74 Å². The number of pyridine rings is 1. The zero-order valence-electron chi connectivity index (χ0n) is 9.22. The molecule has 88 valence electrons. The average molecular weight is 232 g/mol. The Morgan fingerprint density at radius 2 is 2.18 bits per heavy atom. The van der Waals surface area contributed by atoms with Crippen LogP contribution < -0.4 is 10.5 Å². The van der Waals surface area contributed by atoms with Crippen molar-refractivity contribution in [1.82, 2.24) is 15.0 Å². The van der Waals surface area contributed by atoms with E-state index in [9.17, 15) is 4.79 Å². The number of hydrogen-bond acceptors (Lipinski definition) is 5. The Morgan fingerprint density at radius 3 is 3.00 bits per heavy atom. The summed E-state index contributed by atoms with van der Waals surface area (Å²) in [6, 6.07) is 1.78. The van der Waals surface area contributed by atoms with Crippen molar-refractivity contribution in [3.05, 3.63) is 28.8 Å². The molecule has 0 amide bonds. The number of anilines is 1. The molecule has 1 saturated heterocycles. The molecule has 0 bridgehead atoms. The van der Waals surface area contributed by atoms with E-state index in [4.69, 9.17) is 4.74 Å². The first kappa shape index (κ1) is 10.2. The molecular formula is C11H12N4O2. The molecule has 6 nitrogen and oxygen atoms in total. The van der Waals surface area contributed by atoms with E-state index in [0.29, 0.717) is 30.1 Å². The van der Waals surface area contributed by atoms with Crippen molar-refractivity contribution in [3.63, 3.8) is 0 Å². The molecule has 3 rings (SSSR count). The summed E-state index contributed by atoms with van der Waals surface area (Å²) in [6.07, 6.45) is 3.17. The summed E-state index contributed by atoms with van der Waals surface area (Å²) in [5.74, 6) is 0.659. The molecule has 0 atom stereocenters. The van der Waals surface area contributed by atoms with Gasteiger partial charge in [0.15, 0.2) is 0 Å². The predicted octanol–water partition coefficient (Wildman–Crippen LogP) is 0.155. The highest BCUT2D eigenvalue weighted by Gasteiger charge is 2.14. The second-order valence-electron chi connectivity index (χ2n) is 3.88. The van der Waals surface area contributed by atoms with Gasteiger partial charge in [0.2, 0.25) is 5.95 Å². The van der Waals surface area contributed by atoms with Crippen LogP contribution in [0.1, 0.15) is 0 Å². The summed E-state index contributed by atoms with van der Waals surface area (Å²) >= 11 is 0. The zero-order valence-corrected chi connectivity index (χ0v) is 9.22. The third-order valence-electron chi connectivity index (χ3n) is 2.80. The van der Waals surface area contributed by atoms with Crippen LogP contribution >= 0.6 is 0 Å². The van der Waals surface area contributed by atoms with Crippen LogP contribution in [0.5, 0.6) is 0 Å². The van der Waals surface area contributed by atoms with Gasteiger partial charge in [-0.25, -0.2) is 9.97 Å². The summed E-state index contributed by atoms with van der Waals surface area (Å²) in [5, 5.41) is 0.518. The normalized spacial score (nSPS) is 16.4. The Labute approximate surface area is 97.3 Å². The van der Waals surface area contributed by atoms with E-state index < -0.39 is 0 Å². The van der Waals surface area contributed by atoms with Crippen molar-refractivity contribution in [2.24, 2.45) is 0 Å². The molecule has 3 heterocycles. The number of hydrogen-bond donors (Lipinski definition) is 1. The van der Waals surface area contributed by atoms with Crippen molar-refractivity contribution in [2.75, 3.05) is 31.2 Å². The largest absolute Gasteiger partial charge is 0.378 e. The van der Waals surface area contributed by atoms with Crippen molar-refractivity contribution in [2.45, 2.75) is 0 Å². The van der Waals surface area contributed by atoms with Gasteiger partial charge in [-0.05, 0) is 6.07 Å². The minimum absolute atomic E-state index is 0.156. The number of nitrogens with one attached hydrogen (secondary N) is 1. The smallest absolute Gasteiger partial charge is 0.258 e. The third kappa shape index (κ3) is 1.87. The Balaban J connectivity index is 2.04. The molecule has 0 unspecified atom stereocenters. The second kappa shape index (κ2) is 4.14. The molecule has 0 radical (unpaired) electrons. The van der Waals surface area contributed by atoms with Gasteiger partial charge >= 0.3 is 0 Å². The Kier molecular flexibility index (Phi) is 2.49. The fourth-order valence-electron chi connectivity index (χ4n) is 1.88. The molecule has 2 aromatic rings. The van der Waals surface area contributed by atoms with Crippen molar-refractivity contribution in [1.29, 1.82) is 0 Å². The van der Waals surface area contributed by atoms with Gasteiger partial charge in [-0.2, -0.15) is 0 Å². The Morgan fingerprint density at radius 1 is 1.35 bits per heavy atom. The van der Waals surface area contributed by atoms with Crippen molar-refractivity contribution >= 4 is 16.9 Å². The molecule has 1 fully saturated rings. The zero-order chi connectivity index (χ0) is 11.7. The van der Waals surface area contributed by atoms with Gasteiger partial charge in [-0.15, -0.1) is 0 Å². The highest BCUT2D eigenvalue weighted by Crippen LogP contribution is 2.12. The summed E-state index contributed by atoms with van der Waals surface area (Å²) in [6.45, 7) is 2.96. The van der Waals surface area contributed by atoms with Crippen LogP contribution in [0, 0.1) is 0 Å². The summed E-state index contributed by atoms with van der Waals surface area (Å²) in [7, 11) is 0. The average Bonchev–Trinajstić information content (AvgIpc) is 2.40. The number of rotatable bonds is 1. The fourth-order valence-corrected chi connectivity index (χ4v) is 1.88. The monoisotopic (exact) mass is 232 g/mol. The molecule has 6 heteroatoms. The van der Waals surface area contributed by atoms with Crippen LogP contribution in [0.4, 0.5) is 5.95 Å². The highest BCUT2D eigenvalue weighted by molar-refractivity contribution is 5.77. The van der Waals surface area contributed by atoms with Gasteiger partial charge in [0, 0.05) is 25.5 Å². The second-order valence-corrected chi connectivity index (χ2v) is 3.88. The van der Waals surface area contributed by atoms with Gasteiger partial charge in [-0.3, -0.25) is 4.79 Å². The molecule has 0 spiro atoms. The third-order valence-corrected chi connectivity index (χ3v) is 2.80. The number of H-pyrrole nitrogens is 1. The first-order valence-electron chi connectivity index (χ1n) is 5.52. The van der Waals surface area contributed by atoms with Crippen LogP contribution in [-0.2, 0) is 4.74 Å². The summed E-state index contributed by atoms with van der Waals surface area (Å²) in [5.41, 5.74) is 0.515. The van der Waals surface area contributed by atoms with E-state index in [0.717, 1.165) is 13.1 Å². The van der Waals surface area contributed by atoms with Crippen LogP contribution in [0.15, 0.2) is 23.3 Å². The lowest BCUT2D eigenvalue weighted by Gasteiger charge is -2.26. The van der Waals surface area contributed by atoms with Gasteiger partial charge < -0.3 is 14.6 Å². The first-order valence-corrected chi connectivity index (χ1v) is 5.52. The fraction of sp³-hybridized carbons (Fsp3) is 0.364. The lowest BCUT2D eigenvalue weighted by Crippen LogP contribution is -2.37.